The van der Waals surface area contributed by atoms with Crippen LogP contribution in [0, 0.1) is 0 Å². The first-order valence-corrected chi connectivity index (χ1v) is 10.1. The first-order chi connectivity index (χ1) is 12.7. The van der Waals surface area contributed by atoms with Gasteiger partial charge in [0.25, 0.3) is 0 Å². The van der Waals surface area contributed by atoms with Crippen LogP contribution in [0.25, 0.3) is 0 Å². The Balaban J connectivity index is 1.61. The van der Waals surface area contributed by atoms with Gasteiger partial charge in [0.05, 0.1) is 12.8 Å². The Morgan fingerprint density at radius 3 is 2.50 bits per heavy atom. The third-order valence-corrected chi connectivity index (χ3v) is 5.31. The van der Waals surface area contributed by atoms with E-state index < -0.39 is 0 Å². The van der Waals surface area contributed by atoms with Crippen molar-refractivity contribution in [3.05, 3.63) is 53.4 Å². The van der Waals surface area contributed by atoms with Gasteiger partial charge in [-0.05, 0) is 74.5 Å². The van der Waals surface area contributed by atoms with Crippen molar-refractivity contribution in [3.8, 4) is 0 Å². The summed E-state index contributed by atoms with van der Waals surface area (Å²) < 4.78 is 5.53. The molecule has 0 saturated carbocycles. The Kier molecular flexibility index (Phi) is 7.35. The van der Waals surface area contributed by atoms with E-state index in [2.05, 4.69) is 15.1 Å². The fourth-order valence-corrected chi connectivity index (χ4v) is 3.60. The lowest BCUT2D eigenvalue weighted by molar-refractivity contribution is 0.247. The quantitative estimate of drug-likeness (QED) is 0.700. The van der Waals surface area contributed by atoms with Gasteiger partial charge in [-0.25, -0.2) is 0 Å². The number of thiocarbonyl (C=S) groups is 1. The zero-order valence-electron chi connectivity index (χ0n) is 15.0. The maximum absolute atomic E-state index is 5.97. The molecule has 1 aliphatic rings. The van der Waals surface area contributed by atoms with Gasteiger partial charge >= 0.3 is 0 Å². The van der Waals surface area contributed by atoms with E-state index in [1.165, 1.54) is 38.8 Å². The molecule has 2 aromatic rings. The van der Waals surface area contributed by atoms with Crippen LogP contribution in [0.5, 0.6) is 0 Å². The molecule has 0 amide bonds. The van der Waals surface area contributed by atoms with Gasteiger partial charge in [-0.3, -0.25) is 0 Å². The predicted molar refractivity (Wildman–Crippen MR) is 112 cm³/mol. The van der Waals surface area contributed by atoms with Crippen molar-refractivity contribution in [2.24, 2.45) is 0 Å². The zero-order chi connectivity index (χ0) is 18.2. The van der Waals surface area contributed by atoms with Crippen LogP contribution in [0.2, 0.25) is 5.02 Å². The van der Waals surface area contributed by atoms with E-state index in [1.54, 1.807) is 6.26 Å². The summed E-state index contributed by atoms with van der Waals surface area (Å²) in [5.74, 6) is 0.918. The lowest BCUT2D eigenvalue weighted by Gasteiger charge is -2.28. The molecule has 0 spiro atoms. The highest BCUT2D eigenvalue weighted by Crippen LogP contribution is 2.16. The molecule has 4 nitrogen and oxygen atoms in total. The molecule has 1 saturated heterocycles. The number of halogens is 1. The molecule has 26 heavy (non-hydrogen) atoms. The minimum Gasteiger partial charge on any atom is -0.467 e. The average molecular weight is 392 g/mol. The molecule has 1 fully saturated rings. The standard InChI is InChI=1S/C20H26ClN3OS/c21-17-7-9-18(10-8-17)22-20(26)24(16-19-6-5-15-25-19)14-13-23-11-3-1-2-4-12-23/h5-10,15H,1-4,11-14,16H2,(H,22,26). The number of anilines is 1. The molecule has 140 valence electrons. The van der Waals surface area contributed by atoms with Crippen LogP contribution in [0.3, 0.4) is 0 Å². The number of nitrogens with one attached hydrogen (secondary N) is 1. The number of likely N-dealkylation sites (tertiary alicyclic amines) is 1. The Bertz CT molecular complexity index is 667. The van der Waals surface area contributed by atoms with E-state index in [4.69, 9.17) is 28.2 Å². The first-order valence-electron chi connectivity index (χ1n) is 9.27. The number of hydrogen-bond acceptors (Lipinski definition) is 3. The molecule has 1 aromatic heterocycles. The van der Waals surface area contributed by atoms with E-state index in [0.717, 1.165) is 29.6 Å². The van der Waals surface area contributed by atoms with Crippen LogP contribution in [-0.2, 0) is 6.54 Å². The fourth-order valence-electron chi connectivity index (χ4n) is 3.20. The number of furan rings is 1. The Hall–Kier alpha value is -1.56. The monoisotopic (exact) mass is 391 g/mol. The molecule has 1 aliphatic heterocycles. The van der Waals surface area contributed by atoms with Crippen LogP contribution in [0.1, 0.15) is 31.4 Å². The van der Waals surface area contributed by atoms with Crippen LogP contribution in [0.4, 0.5) is 5.69 Å². The largest absolute Gasteiger partial charge is 0.467 e. The lowest BCUT2D eigenvalue weighted by atomic mass is 10.2. The highest BCUT2D eigenvalue weighted by atomic mass is 35.5. The first kappa shape index (κ1) is 19.2. The summed E-state index contributed by atoms with van der Waals surface area (Å²) in [5, 5.41) is 4.74. The second-order valence-corrected chi connectivity index (χ2v) is 7.52. The summed E-state index contributed by atoms with van der Waals surface area (Å²) in [4.78, 5) is 4.72. The van der Waals surface area contributed by atoms with Gasteiger partial charge in [0.1, 0.15) is 5.76 Å². The van der Waals surface area contributed by atoms with Gasteiger partial charge in [-0.2, -0.15) is 0 Å². The number of rotatable bonds is 6. The molecule has 6 heteroatoms. The second kappa shape index (κ2) is 9.95. The van der Waals surface area contributed by atoms with Gasteiger partial charge in [0.15, 0.2) is 5.11 Å². The second-order valence-electron chi connectivity index (χ2n) is 6.69. The summed E-state index contributed by atoms with van der Waals surface area (Å²) in [6.45, 7) is 4.93. The van der Waals surface area contributed by atoms with Gasteiger partial charge in [-0.15, -0.1) is 0 Å². The topological polar surface area (TPSA) is 31.6 Å². The molecule has 0 atom stereocenters. The van der Waals surface area contributed by atoms with E-state index in [-0.39, 0.29) is 0 Å². The van der Waals surface area contributed by atoms with E-state index in [0.29, 0.717) is 11.7 Å². The Labute approximate surface area is 166 Å². The smallest absolute Gasteiger partial charge is 0.173 e. The maximum Gasteiger partial charge on any atom is 0.173 e. The van der Waals surface area contributed by atoms with Crippen LogP contribution in [0.15, 0.2) is 47.1 Å². The SMILES string of the molecule is S=C(Nc1ccc(Cl)cc1)N(CCN1CCCCCC1)Cc1ccco1. The van der Waals surface area contributed by atoms with E-state index in [9.17, 15) is 0 Å². The normalized spacial score (nSPS) is 15.4. The molecule has 0 aliphatic carbocycles. The van der Waals surface area contributed by atoms with Crippen molar-refractivity contribution >= 4 is 34.6 Å². The van der Waals surface area contributed by atoms with Crippen molar-refractivity contribution in [1.82, 2.24) is 9.80 Å². The van der Waals surface area contributed by atoms with Crippen LogP contribution < -0.4 is 5.32 Å². The number of nitrogens with zero attached hydrogens (tertiary/aromatic N) is 2. The minimum absolute atomic E-state index is 0.667. The predicted octanol–water partition coefficient (Wildman–Crippen LogP) is 5.01. The minimum atomic E-state index is 0.667. The molecular weight excluding hydrogens is 366 g/mol. The van der Waals surface area contributed by atoms with Crippen molar-refractivity contribution in [2.75, 3.05) is 31.5 Å². The lowest BCUT2D eigenvalue weighted by Crippen LogP contribution is -2.40. The summed E-state index contributed by atoms with van der Waals surface area (Å²) in [6.07, 6.45) is 7.00. The summed E-state index contributed by atoms with van der Waals surface area (Å²) >= 11 is 11.6. The van der Waals surface area contributed by atoms with Gasteiger partial charge in [0, 0.05) is 23.8 Å². The maximum atomic E-state index is 5.97. The van der Waals surface area contributed by atoms with Gasteiger partial charge in [-0.1, -0.05) is 24.4 Å². The summed E-state index contributed by atoms with van der Waals surface area (Å²) in [6, 6.07) is 11.5. The van der Waals surface area contributed by atoms with E-state index in [1.807, 2.05) is 36.4 Å². The third-order valence-electron chi connectivity index (χ3n) is 4.69. The molecule has 1 N–H and O–H groups in total. The van der Waals surface area contributed by atoms with Crippen molar-refractivity contribution in [1.29, 1.82) is 0 Å². The molecule has 0 bridgehead atoms. The van der Waals surface area contributed by atoms with Crippen molar-refractivity contribution in [3.63, 3.8) is 0 Å². The molecule has 0 unspecified atom stereocenters. The molecule has 3 rings (SSSR count). The molecule has 1 aromatic carbocycles. The zero-order valence-corrected chi connectivity index (χ0v) is 16.6. The highest BCUT2D eigenvalue weighted by molar-refractivity contribution is 7.80. The molecule has 2 heterocycles. The van der Waals surface area contributed by atoms with Crippen LogP contribution >= 0.6 is 23.8 Å². The average Bonchev–Trinajstić information content (AvgIpc) is 3.02. The molecular formula is C20H26ClN3OS. The van der Waals surface area contributed by atoms with Crippen LogP contribution in [-0.4, -0.2) is 41.1 Å². The molecule has 0 radical (unpaired) electrons. The highest BCUT2D eigenvalue weighted by Gasteiger charge is 2.15. The third kappa shape index (κ3) is 6.01. The Morgan fingerprint density at radius 2 is 1.85 bits per heavy atom. The summed E-state index contributed by atoms with van der Waals surface area (Å²) in [7, 11) is 0. The van der Waals surface area contributed by atoms with Gasteiger partial charge < -0.3 is 19.5 Å². The summed E-state index contributed by atoms with van der Waals surface area (Å²) in [5.41, 5.74) is 0.943. The van der Waals surface area contributed by atoms with E-state index >= 15 is 0 Å². The number of hydrogen-bond donors (Lipinski definition) is 1. The van der Waals surface area contributed by atoms with Gasteiger partial charge in [0.2, 0.25) is 0 Å². The number of benzene rings is 1. The van der Waals surface area contributed by atoms with Crippen molar-refractivity contribution in [2.45, 2.75) is 32.2 Å². The Morgan fingerprint density at radius 1 is 1.12 bits per heavy atom. The fraction of sp³-hybridized carbons (Fsp3) is 0.450. The van der Waals surface area contributed by atoms with Crippen molar-refractivity contribution < 1.29 is 4.42 Å².